The number of hydrogen-bond acceptors (Lipinski definition) is 4. The van der Waals surface area contributed by atoms with E-state index in [1.165, 1.54) is 9.44 Å². The number of H-pyrrole nitrogens is 1. The monoisotopic (exact) mass is 336 g/mol. The number of fused-ring (bicyclic) bond motifs is 3. The normalized spacial score (nSPS) is 18.3. The second-order valence-electron chi connectivity index (χ2n) is 7.39. The minimum atomic E-state index is -0.342. The Labute approximate surface area is 139 Å². The third-order valence-corrected chi connectivity index (χ3v) is 6.10. The van der Waals surface area contributed by atoms with Crippen molar-refractivity contribution in [3.05, 3.63) is 31.3 Å². The Balaban J connectivity index is 2.10. The number of aromatic amines is 1. The van der Waals surface area contributed by atoms with Crippen molar-refractivity contribution in [1.29, 1.82) is 0 Å². The molecule has 3 rings (SSSR count). The zero-order valence-corrected chi connectivity index (χ0v) is 15.0. The molecule has 0 radical (unpaired) electrons. The van der Waals surface area contributed by atoms with Gasteiger partial charge < -0.3 is 4.74 Å². The largest absolute Gasteiger partial charge is 0.383 e. The van der Waals surface area contributed by atoms with Gasteiger partial charge in [0.25, 0.3) is 5.56 Å². The van der Waals surface area contributed by atoms with Gasteiger partial charge in [0, 0.05) is 12.0 Å². The lowest BCUT2D eigenvalue weighted by Crippen LogP contribution is -2.36. The molecule has 2 aromatic heterocycles. The molecule has 23 heavy (non-hydrogen) atoms. The van der Waals surface area contributed by atoms with E-state index in [1.807, 2.05) is 0 Å². The van der Waals surface area contributed by atoms with Crippen LogP contribution in [0, 0.1) is 11.3 Å². The maximum absolute atomic E-state index is 12.8. The second kappa shape index (κ2) is 5.91. The average Bonchev–Trinajstić information content (AvgIpc) is 2.83. The fraction of sp³-hybridized carbons (Fsp3) is 0.647. The minimum absolute atomic E-state index is 0.174. The highest BCUT2D eigenvalue weighted by Gasteiger charge is 2.31. The van der Waals surface area contributed by atoms with E-state index in [2.05, 4.69) is 25.8 Å². The van der Waals surface area contributed by atoms with Gasteiger partial charge in [-0.1, -0.05) is 20.8 Å². The van der Waals surface area contributed by atoms with E-state index < -0.39 is 0 Å². The maximum Gasteiger partial charge on any atom is 0.329 e. The summed E-state index contributed by atoms with van der Waals surface area (Å²) >= 11 is 1.58. The van der Waals surface area contributed by atoms with Gasteiger partial charge in [-0.2, -0.15) is 0 Å². The molecule has 0 aliphatic heterocycles. The lowest BCUT2D eigenvalue weighted by molar-refractivity contribution is 0.185. The maximum atomic E-state index is 12.8. The second-order valence-corrected chi connectivity index (χ2v) is 8.50. The summed E-state index contributed by atoms with van der Waals surface area (Å²) in [5, 5.41) is 0.716. The SMILES string of the molecule is COCCn1c(=O)[nH]c2sc3c(c2c1=O)CCC(C(C)(C)C)C3. The van der Waals surface area contributed by atoms with E-state index in [-0.39, 0.29) is 23.2 Å². The first-order chi connectivity index (χ1) is 10.8. The van der Waals surface area contributed by atoms with Crippen LogP contribution < -0.4 is 11.2 Å². The van der Waals surface area contributed by atoms with E-state index in [1.54, 1.807) is 18.4 Å². The van der Waals surface area contributed by atoms with E-state index in [0.29, 0.717) is 17.9 Å². The predicted octanol–water partition coefficient (Wildman–Crippen LogP) is 2.55. The molecule has 2 heterocycles. The molecule has 1 aliphatic rings. The summed E-state index contributed by atoms with van der Waals surface area (Å²) < 4.78 is 6.26. The number of rotatable bonds is 3. The first-order valence-corrected chi connectivity index (χ1v) is 8.91. The van der Waals surface area contributed by atoms with Crippen LogP contribution >= 0.6 is 11.3 Å². The summed E-state index contributed by atoms with van der Waals surface area (Å²) in [6.07, 6.45) is 3.01. The molecule has 0 aromatic carbocycles. The number of nitrogens with one attached hydrogen (secondary N) is 1. The van der Waals surface area contributed by atoms with Crippen LogP contribution in [0.4, 0.5) is 0 Å². The fourth-order valence-corrected chi connectivity index (χ4v) is 4.73. The molecule has 1 unspecified atom stereocenters. The van der Waals surface area contributed by atoms with Gasteiger partial charge in [-0.15, -0.1) is 11.3 Å². The van der Waals surface area contributed by atoms with Crippen molar-refractivity contribution in [2.45, 2.75) is 46.6 Å². The molecule has 0 spiro atoms. The van der Waals surface area contributed by atoms with Gasteiger partial charge in [-0.3, -0.25) is 14.3 Å². The minimum Gasteiger partial charge on any atom is -0.383 e. The molecule has 0 bridgehead atoms. The van der Waals surface area contributed by atoms with Crippen molar-refractivity contribution in [3.8, 4) is 0 Å². The zero-order chi connectivity index (χ0) is 16.8. The number of hydrogen-bond donors (Lipinski definition) is 1. The fourth-order valence-electron chi connectivity index (χ4n) is 3.42. The van der Waals surface area contributed by atoms with Gasteiger partial charge in [0.05, 0.1) is 18.5 Å². The highest BCUT2D eigenvalue weighted by molar-refractivity contribution is 7.18. The van der Waals surface area contributed by atoms with Crippen LogP contribution in [0.15, 0.2) is 9.59 Å². The number of methoxy groups -OCH3 is 1. The summed E-state index contributed by atoms with van der Waals surface area (Å²) in [5.74, 6) is 0.616. The molecule has 6 heteroatoms. The molecule has 1 aliphatic carbocycles. The van der Waals surface area contributed by atoms with Crippen molar-refractivity contribution in [2.75, 3.05) is 13.7 Å². The summed E-state index contributed by atoms with van der Waals surface area (Å²) in [5.41, 5.74) is 0.899. The van der Waals surface area contributed by atoms with Gasteiger partial charge in [0.2, 0.25) is 0 Å². The standard InChI is InChI=1S/C17H24N2O3S/c1-17(2,3)10-5-6-11-12(9-10)23-14-13(11)15(20)19(7-8-22-4)16(21)18-14/h10H,5-9H2,1-4H3,(H,18,21). The van der Waals surface area contributed by atoms with Crippen LogP contribution in [0.2, 0.25) is 0 Å². The third kappa shape index (κ3) is 2.90. The van der Waals surface area contributed by atoms with E-state index in [9.17, 15) is 9.59 Å². The highest BCUT2D eigenvalue weighted by atomic mass is 32.1. The van der Waals surface area contributed by atoms with Gasteiger partial charge in [0.15, 0.2) is 0 Å². The lowest BCUT2D eigenvalue weighted by atomic mass is 9.72. The molecule has 0 amide bonds. The Bertz CT molecular complexity index is 838. The number of aromatic nitrogens is 2. The van der Waals surface area contributed by atoms with Crippen LogP contribution in [0.5, 0.6) is 0 Å². The van der Waals surface area contributed by atoms with Crippen LogP contribution in [0.25, 0.3) is 10.2 Å². The molecule has 126 valence electrons. The molecule has 1 N–H and O–H groups in total. The number of nitrogens with zero attached hydrogens (tertiary/aromatic N) is 1. The molecule has 2 aromatic rings. The Morgan fingerprint density at radius 2 is 2.09 bits per heavy atom. The van der Waals surface area contributed by atoms with Crippen LogP contribution in [0.3, 0.4) is 0 Å². The molecular formula is C17H24N2O3S. The Hall–Kier alpha value is -1.40. The molecule has 0 saturated heterocycles. The third-order valence-electron chi connectivity index (χ3n) is 4.93. The summed E-state index contributed by atoms with van der Waals surface area (Å²) in [6.45, 7) is 7.46. The van der Waals surface area contributed by atoms with Crippen LogP contribution in [0.1, 0.15) is 37.6 Å². The molecular weight excluding hydrogens is 312 g/mol. The van der Waals surface area contributed by atoms with E-state index >= 15 is 0 Å². The van der Waals surface area contributed by atoms with Gasteiger partial charge >= 0.3 is 5.69 Å². The van der Waals surface area contributed by atoms with Gasteiger partial charge in [-0.25, -0.2) is 4.79 Å². The lowest BCUT2D eigenvalue weighted by Gasteiger charge is -2.33. The van der Waals surface area contributed by atoms with Crippen LogP contribution in [-0.2, 0) is 24.1 Å². The predicted molar refractivity (Wildman–Crippen MR) is 93.6 cm³/mol. The zero-order valence-electron chi connectivity index (χ0n) is 14.2. The van der Waals surface area contributed by atoms with Crippen LogP contribution in [-0.4, -0.2) is 23.3 Å². The summed E-state index contributed by atoms with van der Waals surface area (Å²) in [4.78, 5) is 29.8. The first-order valence-electron chi connectivity index (χ1n) is 8.09. The summed E-state index contributed by atoms with van der Waals surface area (Å²) in [7, 11) is 1.57. The van der Waals surface area contributed by atoms with Crippen molar-refractivity contribution in [2.24, 2.45) is 11.3 Å². The average molecular weight is 336 g/mol. The van der Waals surface area contributed by atoms with E-state index in [0.717, 1.165) is 29.7 Å². The topological polar surface area (TPSA) is 64.1 Å². The highest BCUT2D eigenvalue weighted by Crippen LogP contribution is 2.41. The Morgan fingerprint density at radius 1 is 1.35 bits per heavy atom. The Morgan fingerprint density at radius 3 is 2.74 bits per heavy atom. The molecule has 5 nitrogen and oxygen atoms in total. The van der Waals surface area contributed by atoms with Crippen molar-refractivity contribution >= 4 is 21.6 Å². The van der Waals surface area contributed by atoms with Gasteiger partial charge in [-0.05, 0) is 36.2 Å². The molecule has 0 fully saturated rings. The summed E-state index contributed by atoms with van der Waals surface area (Å²) in [6, 6.07) is 0. The van der Waals surface area contributed by atoms with Crippen molar-refractivity contribution in [3.63, 3.8) is 0 Å². The number of thiophene rings is 1. The number of aryl methyl sites for hydroxylation is 1. The van der Waals surface area contributed by atoms with Crippen molar-refractivity contribution < 1.29 is 4.74 Å². The number of ether oxygens (including phenoxy) is 1. The smallest absolute Gasteiger partial charge is 0.329 e. The quantitative estimate of drug-likeness (QED) is 0.937. The first kappa shape index (κ1) is 16.5. The van der Waals surface area contributed by atoms with Gasteiger partial charge in [0.1, 0.15) is 4.83 Å². The molecule has 1 atom stereocenters. The molecule has 0 saturated carbocycles. The van der Waals surface area contributed by atoms with Crippen molar-refractivity contribution in [1.82, 2.24) is 9.55 Å². The van der Waals surface area contributed by atoms with E-state index in [4.69, 9.17) is 4.74 Å². The Kier molecular flexibility index (Phi) is 4.23.